The molecule has 0 saturated heterocycles. The molecule has 0 bridgehead atoms. The van der Waals surface area contributed by atoms with E-state index in [0.717, 1.165) is 18.8 Å². The van der Waals surface area contributed by atoms with Crippen LogP contribution < -0.4 is 4.74 Å². The number of rotatable bonds is 10. The number of benzene rings is 1. The van der Waals surface area contributed by atoms with Crippen molar-refractivity contribution in [3.8, 4) is 5.75 Å². The average molecular weight is 459 g/mol. The molecule has 1 aromatic carbocycles. The van der Waals surface area contributed by atoms with Crippen LogP contribution in [0.1, 0.15) is 105 Å². The SMILES string of the molecule is C=C1C=C(C)CC(C)(C)C1.CCCCCCCCOc1ccc(C)cc1.CCOC(=O)CC. The summed E-state index contributed by atoms with van der Waals surface area (Å²) in [7, 11) is 0. The molecule has 0 radical (unpaired) electrons. The minimum Gasteiger partial charge on any atom is -0.494 e. The summed E-state index contributed by atoms with van der Waals surface area (Å²) in [5.41, 5.74) is 4.50. The first-order valence-corrected chi connectivity index (χ1v) is 12.8. The van der Waals surface area contributed by atoms with E-state index in [-0.39, 0.29) is 5.97 Å². The van der Waals surface area contributed by atoms with Crippen molar-refractivity contribution in [3.05, 3.63) is 53.6 Å². The van der Waals surface area contributed by atoms with Crippen molar-refractivity contribution >= 4 is 5.97 Å². The molecule has 0 fully saturated rings. The number of aryl methyl sites for hydroxylation is 1. The van der Waals surface area contributed by atoms with Crippen molar-refractivity contribution in [1.82, 2.24) is 0 Å². The highest BCUT2D eigenvalue weighted by Gasteiger charge is 2.22. The Hall–Kier alpha value is -2.03. The van der Waals surface area contributed by atoms with Crippen LogP contribution >= 0.6 is 0 Å². The molecule has 0 N–H and O–H groups in total. The summed E-state index contributed by atoms with van der Waals surface area (Å²) in [6.45, 7) is 20.0. The largest absolute Gasteiger partial charge is 0.494 e. The lowest BCUT2D eigenvalue weighted by molar-refractivity contribution is -0.142. The zero-order chi connectivity index (χ0) is 25.1. The van der Waals surface area contributed by atoms with Crippen LogP contribution in [0.5, 0.6) is 5.75 Å². The number of carbonyl (C=O) groups is 1. The standard InChI is InChI=1S/C15H24O.C10H16.C5H10O2/c1-3-4-5-6-7-8-13-16-15-11-9-14(2)10-12-15;1-8-5-9(2)7-10(3,4)6-8;1-3-5(6)7-4-2/h9-12H,3-8,13H2,1-2H3;5H,1,6-7H2,2-4H3;3-4H2,1-2H3. The van der Waals surface area contributed by atoms with E-state index in [0.29, 0.717) is 18.4 Å². The summed E-state index contributed by atoms with van der Waals surface area (Å²) < 4.78 is 10.2. The van der Waals surface area contributed by atoms with E-state index in [1.54, 1.807) is 13.8 Å². The number of ether oxygens (including phenoxy) is 2. The van der Waals surface area contributed by atoms with Crippen LogP contribution in [0.4, 0.5) is 0 Å². The molecule has 0 aromatic heterocycles. The van der Waals surface area contributed by atoms with Crippen LogP contribution in [0.2, 0.25) is 0 Å². The molecular formula is C30H50O3. The Labute approximate surface area is 204 Å². The molecule has 3 nitrogen and oxygen atoms in total. The van der Waals surface area contributed by atoms with Crippen LogP contribution in [-0.2, 0) is 9.53 Å². The number of carbonyl (C=O) groups excluding carboxylic acids is 1. The number of unbranched alkanes of at least 4 members (excludes halogenated alkanes) is 5. The lowest BCUT2D eigenvalue weighted by atomic mass is 9.76. The summed E-state index contributed by atoms with van der Waals surface area (Å²) >= 11 is 0. The lowest BCUT2D eigenvalue weighted by Crippen LogP contribution is -2.15. The average Bonchev–Trinajstić information content (AvgIpc) is 2.73. The van der Waals surface area contributed by atoms with Crippen molar-refractivity contribution in [3.63, 3.8) is 0 Å². The van der Waals surface area contributed by atoms with Gasteiger partial charge in [-0.05, 0) is 57.6 Å². The van der Waals surface area contributed by atoms with Gasteiger partial charge in [-0.2, -0.15) is 0 Å². The van der Waals surface area contributed by atoms with Crippen LogP contribution in [0, 0.1) is 12.3 Å². The second-order valence-corrected chi connectivity index (χ2v) is 9.75. The van der Waals surface area contributed by atoms with Crippen LogP contribution in [-0.4, -0.2) is 19.2 Å². The Morgan fingerprint density at radius 2 is 1.55 bits per heavy atom. The third-order valence-electron chi connectivity index (χ3n) is 5.30. The fraction of sp³-hybridized carbons (Fsp3) is 0.633. The van der Waals surface area contributed by atoms with E-state index in [1.165, 1.54) is 61.7 Å². The van der Waals surface area contributed by atoms with E-state index in [1.807, 2.05) is 12.1 Å². The zero-order valence-corrected chi connectivity index (χ0v) is 22.6. The van der Waals surface area contributed by atoms with E-state index >= 15 is 0 Å². The van der Waals surface area contributed by atoms with Crippen molar-refractivity contribution in [2.75, 3.05) is 13.2 Å². The molecule has 2 rings (SSSR count). The fourth-order valence-corrected chi connectivity index (χ4v) is 3.85. The maximum absolute atomic E-state index is 10.2. The first-order chi connectivity index (χ1) is 15.6. The number of hydrogen-bond donors (Lipinski definition) is 0. The van der Waals surface area contributed by atoms with Crippen molar-refractivity contribution in [1.29, 1.82) is 0 Å². The second kappa shape index (κ2) is 18.4. The molecule has 0 spiro atoms. The molecule has 0 amide bonds. The molecule has 33 heavy (non-hydrogen) atoms. The van der Waals surface area contributed by atoms with Gasteiger partial charge in [0.1, 0.15) is 5.75 Å². The molecule has 3 heteroatoms. The second-order valence-electron chi connectivity index (χ2n) is 9.75. The quantitative estimate of drug-likeness (QED) is 0.259. The van der Waals surface area contributed by atoms with Crippen LogP contribution in [0.25, 0.3) is 0 Å². The predicted octanol–water partition coefficient (Wildman–Crippen LogP) is 9.00. The minimum atomic E-state index is -0.123. The number of hydrogen-bond acceptors (Lipinski definition) is 3. The molecule has 1 aliphatic rings. The maximum Gasteiger partial charge on any atom is 0.305 e. The molecule has 1 aromatic rings. The van der Waals surface area contributed by atoms with Gasteiger partial charge in [0.25, 0.3) is 0 Å². The highest BCUT2D eigenvalue weighted by molar-refractivity contribution is 5.68. The van der Waals surface area contributed by atoms with E-state index < -0.39 is 0 Å². The lowest BCUT2D eigenvalue weighted by Gasteiger charge is -2.29. The Morgan fingerprint density at radius 1 is 0.939 bits per heavy atom. The van der Waals surface area contributed by atoms with Gasteiger partial charge in [-0.15, -0.1) is 0 Å². The first kappa shape index (κ1) is 31.0. The van der Waals surface area contributed by atoms with Gasteiger partial charge in [0.05, 0.1) is 13.2 Å². The Bertz CT molecular complexity index is 683. The molecular weight excluding hydrogens is 408 g/mol. The molecule has 188 valence electrons. The van der Waals surface area contributed by atoms with E-state index in [9.17, 15) is 4.79 Å². The number of allylic oxidation sites excluding steroid dienone is 3. The highest BCUT2D eigenvalue weighted by atomic mass is 16.5. The van der Waals surface area contributed by atoms with Gasteiger partial charge in [-0.1, -0.05) is 101 Å². The van der Waals surface area contributed by atoms with Crippen molar-refractivity contribution in [2.45, 2.75) is 106 Å². The Morgan fingerprint density at radius 3 is 2.03 bits per heavy atom. The van der Waals surface area contributed by atoms with E-state index in [4.69, 9.17) is 4.74 Å². The van der Waals surface area contributed by atoms with Gasteiger partial charge < -0.3 is 9.47 Å². The zero-order valence-electron chi connectivity index (χ0n) is 22.6. The molecule has 0 heterocycles. The highest BCUT2D eigenvalue weighted by Crippen LogP contribution is 2.36. The molecule has 0 atom stereocenters. The topological polar surface area (TPSA) is 35.5 Å². The van der Waals surface area contributed by atoms with Gasteiger partial charge >= 0.3 is 5.97 Å². The summed E-state index contributed by atoms with van der Waals surface area (Å²) in [6, 6.07) is 8.28. The Balaban J connectivity index is 0.000000514. The smallest absolute Gasteiger partial charge is 0.305 e. The van der Waals surface area contributed by atoms with Crippen molar-refractivity contribution in [2.24, 2.45) is 5.41 Å². The third kappa shape index (κ3) is 18.1. The summed E-state index contributed by atoms with van der Waals surface area (Å²) in [4.78, 5) is 10.2. The fourth-order valence-electron chi connectivity index (χ4n) is 3.85. The van der Waals surface area contributed by atoms with Crippen LogP contribution in [0.15, 0.2) is 48.1 Å². The summed E-state index contributed by atoms with van der Waals surface area (Å²) in [5.74, 6) is 0.877. The van der Waals surface area contributed by atoms with Crippen LogP contribution in [0.3, 0.4) is 0 Å². The minimum absolute atomic E-state index is 0.123. The normalized spacial score (nSPS) is 14.2. The van der Waals surface area contributed by atoms with Gasteiger partial charge in [-0.25, -0.2) is 0 Å². The molecule has 1 aliphatic carbocycles. The first-order valence-electron chi connectivity index (χ1n) is 12.8. The summed E-state index contributed by atoms with van der Waals surface area (Å²) in [5, 5.41) is 0. The maximum atomic E-state index is 10.2. The van der Waals surface area contributed by atoms with Gasteiger partial charge in [0, 0.05) is 6.42 Å². The Kier molecular flexibility index (Phi) is 17.3. The van der Waals surface area contributed by atoms with Gasteiger partial charge in [0.15, 0.2) is 0 Å². The molecule has 0 saturated carbocycles. The summed E-state index contributed by atoms with van der Waals surface area (Å²) in [6.07, 6.45) is 13.0. The predicted molar refractivity (Wildman–Crippen MR) is 143 cm³/mol. The van der Waals surface area contributed by atoms with Gasteiger partial charge in [-0.3, -0.25) is 4.79 Å². The third-order valence-corrected chi connectivity index (χ3v) is 5.30. The van der Waals surface area contributed by atoms with Gasteiger partial charge in [0.2, 0.25) is 0 Å². The number of esters is 1. The van der Waals surface area contributed by atoms with Crippen molar-refractivity contribution < 1.29 is 14.3 Å². The monoisotopic (exact) mass is 458 g/mol. The molecule has 0 aliphatic heterocycles. The molecule has 0 unspecified atom stereocenters. The van der Waals surface area contributed by atoms with E-state index in [2.05, 4.69) is 64.1 Å².